The number of nitrogens with zero attached hydrogens (tertiary/aromatic N) is 1. The smallest absolute Gasteiger partial charge is 0.243 e. The largest absolute Gasteiger partial charge is 0.497 e. The second kappa shape index (κ2) is 6.44. The van der Waals surface area contributed by atoms with Crippen molar-refractivity contribution in [1.82, 2.24) is 4.31 Å². The summed E-state index contributed by atoms with van der Waals surface area (Å²) in [6.07, 6.45) is 3.67. The van der Waals surface area contributed by atoms with E-state index in [1.165, 1.54) is 23.5 Å². The monoisotopic (exact) mass is 311 g/mol. The van der Waals surface area contributed by atoms with Crippen molar-refractivity contribution in [3.05, 3.63) is 24.3 Å². The van der Waals surface area contributed by atoms with E-state index in [2.05, 4.69) is 0 Å². The summed E-state index contributed by atoms with van der Waals surface area (Å²) in [6, 6.07) is 6.22. The standard InChI is InChI=1S/C14H21N3O3S/c1-20-12-6-8-13(9-7-12)21(18,19)17(10-14(15)16)11-4-2-3-5-11/h6-9,11H,2-5,10H2,1H3,(H3,15,16). The molecule has 2 rings (SSSR count). The zero-order valence-corrected chi connectivity index (χ0v) is 12.9. The number of ether oxygens (including phenoxy) is 1. The molecule has 0 bridgehead atoms. The normalized spacial score (nSPS) is 16.3. The van der Waals surface area contributed by atoms with Gasteiger partial charge in [0.1, 0.15) is 11.6 Å². The Morgan fingerprint density at radius 2 is 1.90 bits per heavy atom. The fourth-order valence-corrected chi connectivity index (χ4v) is 4.32. The lowest BCUT2D eigenvalue weighted by molar-refractivity contribution is 0.353. The van der Waals surface area contributed by atoms with Gasteiger partial charge in [-0.3, -0.25) is 5.41 Å². The average Bonchev–Trinajstić information content (AvgIpc) is 2.98. The molecule has 0 unspecified atom stereocenters. The molecule has 1 fully saturated rings. The molecule has 116 valence electrons. The first-order chi connectivity index (χ1) is 9.95. The van der Waals surface area contributed by atoms with E-state index in [9.17, 15) is 8.42 Å². The first-order valence-corrected chi connectivity index (χ1v) is 8.38. The number of hydrogen-bond acceptors (Lipinski definition) is 4. The number of benzene rings is 1. The lowest BCUT2D eigenvalue weighted by Crippen LogP contribution is -2.43. The first-order valence-electron chi connectivity index (χ1n) is 6.94. The lowest BCUT2D eigenvalue weighted by Gasteiger charge is -2.27. The van der Waals surface area contributed by atoms with E-state index in [1.54, 1.807) is 12.1 Å². The van der Waals surface area contributed by atoms with E-state index in [-0.39, 0.29) is 23.3 Å². The second-order valence-electron chi connectivity index (χ2n) is 5.19. The van der Waals surface area contributed by atoms with Crippen molar-refractivity contribution in [2.45, 2.75) is 36.6 Å². The fraction of sp³-hybridized carbons (Fsp3) is 0.500. The number of nitrogens with one attached hydrogen (secondary N) is 1. The quantitative estimate of drug-likeness (QED) is 0.615. The number of nitrogens with two attached hydrogens (primary N) is 1. The van der Waals surface area contributed by atoms with Crippen LogP contribution in [0.25, 0.3) is 0 Å². The molecule has 1 saturated carbocycles. The van der Waals surface area contributed by atoms with Gasteiger partial charge in [-0.1, -0.05) is 12.8 Å². The maximum absolute atomic E-state index is 12.8. The van der Waals surface area contributed by atoms with Crippen LogP contribution in [0.2, 0.25) is 0 Å². The molecule has 0 aliphatic heterocycles. The molecule has 1 aromatic rings. The van der Waals surface area contributed by atoms with Crippen molar-refractivity contribution < 1.29 is 13.2 Å². The van der Waals surface area contributed by atoms with E-state index in [0.29, 0.717) is 5.75 Å². The van der Waals surface area contributed by atoms with Gasteiger partial charge >= 0.3 is 0 Å². The first kappa shape index (κ1) is 15.8. The Balaban J connectivity index is 2.32. The molecule has 1 aliphatic carbocycles. The highest BCUT2D eigenvalue weighted by molar-refractivity contribution is 7.89. The minimum absolute atomic E-state index is 0.0565. The van der Waals surface area contributed by atoms with Gasteiger partial charge in [-0.25, -0.2) is 8.42 Å². The molecule has 0 amide bonds. The van der Waals surface area contributed by atoms with Crippen LogP contribution in [-0.2, 0) is 10.0 Å². The summed E-state index contributed by atoms with van der Waals surface area (Å²) in [5, 5.41) is 7.45. The molecule has 21 heavy (non-hydrogen) atoms. The highest BCUT2D eigenvalue weighted by Crippen LogP contribution is 2.29. The van der Waals surface area contributed by atoms with Gasteiger partial charge in [0.15, 0.2) is 0 Å². The van der Waals surface area contributed by atoms with Gasteiger partial charge in [0.2, 0.25) is 10.0 Å². The number of sulfonamides is 1. The van der Waals surface area contributed by atoms with Gasteiger partial charge in [0, 0.05) is 6.04 Å². The third-order valence-electron chi connectivity index (χ3n) is 3.72. The average molecular weight is 311 g/mol. The summed E-state index contributed by atoms with van der Waals surface area (Å²) in [4.78, 5) is 0.205. The molecule has 0 radical (unpaired) electrons. The summed E-state index contributed by atoms with van der Waals surface area (Å²) in [5.74, 6) is 0.465. The number of methoxy groups -OCH3 is 1. The third kappa shape index (κ3) is 3.54. The van der Waals surface area contributed by atoms with E-state index in [4.69, 9.17) is 15.9 Å². The topological polar surface area (TPSA) is 96.5 Å². The molecule has 6 nitrogen and oxygen atoms in total. The van der Waals surface area contributed by atoms with Crippen LogP contribution >= 0.6 is 0 Å². The van der Waals surface area contributed by atoms with E-state index in [0.717, 1.165) is 25.7 Å². The van der Waals surface area contributed by atoms with Crippen LogP contribution in [0.4, 0.5) is 0 Å². The van der Waals surface area contributed by atoms with Crippen LogP contribution in [0.15, 0.2) is 29.2 Å². The summed E-state index contributed by atoms with van der Waals surface area (Å²) < 4.78 is 32.0. The Morgan fingerprint density at radius 3 is 2.38 bits per heavy atom. The minimum atomic E-state index is -3.65. The summed E-state index contributed by atoms with van der Waals surface area (Å²) in [6.45, 7) is -0.0565. The van der Waals surface area contributed by atoms with Gasteiger partial charge < -0.3 is 10.5 Å². The van der Waals surface area contributed by atoms with Crippen LogP contribution in [0, 0.1) is 5.41 Å². The van der Waals surface area contributed by atoms with Crippen LogP contribution in [-0.4, -0.2) is 38.3 Å². The number of hydrogen-bond donors (Lipinski definition) is 2. The molecule has 1 aliphatic rings. The lowest BCUT2D eigenvalue weighted by atomic mass is 10.2. The minimum Gasteiger partial charge on any atom is -0.497 e. The molecule has 0 aromatic heterocycles. The zero-order chi connectivity index (χ0) is 15.5. The van der Waals surface area contributed by atoms with Crippen molar-refractivity contribution >= 4 is 15.9 Å². The molecule has 0 heterocycles. The van der Waals surface area contributed by atoms with E-state index < -0.39 is 10.0 Å². The van der Waals surface area contributed by atoms with Crippen LogP contribution in [0.5, 0.6) is 5.75 Å². The molecule has 0 spiro atoms. The summed E-state index contributed by atoms with van der Waals surface area (Å²) in [5.41, 5.74) is 5.44. The van der Waals surface area contributed by atoms with Crippen LogP contribution in [0.1, 0.15) is 25.7 Å². The molecular weight excluding hydrogens is 290 g/mol. The summed E-state index contributed by atoms with van der Waals surface area (Å²) in [7, 11) is -2.12. The van der Waals surface area contributed by atoms with Gasteiger partial charge in [-0.15, -0.1) is 0 Å². The maximum Gasteiger partial charge on any atom is 0.243 e. The Morgan fingerprint density at radius 1 is 1.33 bits per heavy atom. The number of rotatable bonds is 6. The predicted octanol–water partition coefficient (Wildman–Crippen LogP) is 1.56. The molecule has 0 atom stereocenters. The van der Waals surface area contributed by atoms with Gasteiger partial charge in [-0.2, -0.15) is 4.31 Å². The van der Waals surface area contributed by atoms with Crippen LogP contribution in [0.3, 0.4) is 0 Å². The van der Waals surface area contributed by atoms with Crippen molar-refractivity contribution in [2.24, 2.45) is 5.73 Å². The Bertz CT molecular complexity index is 592. The van der Waals surface area contributed by atoms with Crippen molar-refractivity contribution in [1.29, 1.82) is 5.41 Å². The predicted molar refractivity (Wildman–Crippen MR) is 81.1 cm³/mol. The highest BCUT2D eigenvalue weighted by Gasteiger charge is 2.33. The molecule has 0 saturated heterocycles. The Hall–Kier alpha value is -1.60. The fourth-order valence-electron chi connectivity index (χ4n) is 2.65. The van der Waals surface area contributed by atoms with E-state index >= 15 is 0 Å². The number of amidine groups is 1. The van der Waals surface area contributed by atoms with Crippen molar-refractivity contribution in [3.8, 4) is 5.75 Å². The van der Waals surface area contributed by atoms with Gasteiger partial charge in [-0.05, 0) is 37.1 Å². The van der Waals surface area contributed by atoms with Gasteiger partial charge in [0.05, 0.1) is 18.6 Å². The van der Waals surface area contributed by atoms with Crippen molar-refractivity contribution in [2.75, 3.05) is 13.7 Å². The van der Waals surface area contributed by atoms with Crippen LogP contribution < -0.4 is 10.5 Å². The Labute approximate surface area is 125 Å². The van der Waals surface area contributed by atoms with Gasteiger partial charge in [0.25, 0.3) is 0 Å². The third-order valence-corrected chi connectivity index (χ3v) is 5.64. The highest BCUT2D eigenvalue weighted by atomic mass is 32.2. The Kier molecular flexibility index (Phi) is 4.84. The second-order valence-corrected chi connectivity index (χ2v) is 7.08. The SMILES string of the molecule is COc1ccc(S(=O)(=O)N(CC(=N)N)C2CCCC2)cc1. The summed E-state index contributed by atoms with van der Waals surface area (Å²) >= 11 is 0. The molecule has 3 N–H and O–H groups in total. The zero-order valence-electron chi connectivity index (χ0n) is 12.1. The van der Waals surface area contributed by atoms with E-state index in [1.807, 2.05) is 0 Å². The molecule has 1 aromatic carbocycles. The maximum atomic E-state index is 12.8. The van der Waals surface area contributed by atoms with Crippen molar-refractivity contribution in [3.63, 3.8) is 0 Å². The molecule has 7 heteroatoms. The molecular formula is C14H21N3O3S.